The first kappa shape index (κ1) is 15.0. The Kier molecular flexibility index (Phi) is 11.3. The summed E-state index contributed by atoms with van der Waals surface area (Å²) in [5.74, 6) is -0.900. The van der Waals surface area contributed by atoms with Crippen molar-refractivity contribution in [3.05, 3.63) is 12.3 Å². The summed E-state index contributed by atoms with van der Waals surface area (Å²) in [6, 6.07) is 0. The molecule has 0 aliphatic heterocycles. The van der Waals surface area contributed by atoms with E-state index in [9.17, 15) is 4.79 Å². The SMILES string of the molecule is CCCCCCCCCCN/C=C/C(=O)O. The highest BCUT2D eigenvalue weighted by atomic mass is 16.4. The summed E-state index contributed by atoms with van der Waals surface area (Å²) in [5.41, 5.74) is 0. The minimum Gasteiger partial charge on any atom is -0.478 e. The molecule has 16 heavy (non-hydrogen) atoms. The fourth-order valence-corrected chi connectivity index (χ4v) is 1.57. The molecule has 0 aromatic carbocycles. The Labute approximate surface area is 98.9 Å². The molecule has 0 aliphatic rings. The van der Waals surface area contributed by atoms with Crippen molar-refractivity contribution in [3.8, 4) is 0 Å². The van der Waals surface area contributed by atoms with Crippen molar-refractivity contribution in [3.63, 3.8) is 0 Å². The topological polar surface area (TPSA) is 49.3 Å². The fraction of sp³-hybridized carbons (Fsp3) is 0.769. The summed E-state index contributed by atoms with van der Waals surface area (Å²) >= 11 is 0. The lowest BCUT2D eigenvalue weighted by Gasteiger charge is -2.01. The molecule has 0 fully saturated rings. The minimum absolute atomic E-state index is 0.874. The Balaban J connectivity index is 3.01. The number of rotatable bonds is 11. The largest absolute Gasteiger partial charge is 0.478 e. The summed E-state index contributed by atoms with van der Waals surface area (Å²) in [6.45, 7) is 3.11. The van der Waals surface area contributed by atoms with Crippen molar-refractivity contribution >= 4 is 5.97 Å². The van der Waals surface area contributed by atoms with Crippen LogP contribution < -0.4 is 5.32 Å². The maximum atomic E-state index is 10.1. The van der Waals surface area contributed by atoms with Gasteiger partial charge in [0.15, 0.2) is 0 Å². The predicted molar refractivity (Wildman–Crippen MR) is 67.4 cm³/mol. The first-order valence-electron chi connectivity index (χ1n) is 6.40. The molecule has 0 rings (SSSR count). The normalized spacial score (nSPS) is 10.8. The number of hydrogen-bond acceptors (Lipinski definition) is 2. The lowest BCUT2D eigenvalue weighted by atomic mass is 10.1. The second-order valence-corrected chi connectivity index (χ2v) is 4.10. The zero-order valence-electron chi connectivity index (χ0n) is 10.4. The molecular weight excluding hydrogens is 202 g/mol. The number of hydrogen-bond donors (Lipinski definition) is 2. The second kappa shape index (κ2) is 12.1. The second-order valence-electron chi connectivity index (χ2n) is 4.10. The molecule has 0 aliphatic carbocycles. The number of nitrogens with one attached hydrogen (secondary N) is 1. The van der Waals surface area contributed by atoms with Crippen molar-refractivity contribution in [2.24, 2.45) is 0 Å². The van der Waals surface area contributed by atoms with Gasteiger partial charge in [0.1, 0.15) is 0 Å². The lowest BCUT2D eigenvalue weighted by molar-refractivity contribution is -0.131. The molecule has 0 amide bonds. The molecule has 0 bridgehead atoms. The molecule has 2 N–H and O–H groups in total. The molecule has 0 aromatic rings. The van der Waals surface area contributed by atoms with Crippen LogP contribution in [0.2, 0.25) is 0 Å². The molecule has 3 nitrogen and oxygen atoms in total. The van der Waals surface area contributed by atoms with Gasteiger partial charge in [-0.25, -0.2) is 4.79 Å². The smallest absolute Gasteiger partial charge is 0.329 e. The van der Waals surface area contributed by atoms with E-state index in [1.807, 2.05) is 0 Å². The third-order valence-electron chi connectivity index (χ3n) is 2.52. The van der Waals surface area contributed by atoms with Gasteiger partial charge in [0.25, 0.3) is 0 Å². The number of aliphatic carboxylic acids is 1. The first-order chi connectivity index (χ1) is 7.77. The summed E-state index contributed by atoms with van der Waals surface area (Å²) in [4.78, 5) is 10.1. The Morgan fingerprint density at radius 1 is 1.06 bits per heavy atom. The molecule has 0 atom stereocenters. The Morgan fingerprint density at radius 3 is 2.19 bits per heavy atom. The average Bonchev–Trinajstić information content (AvgIpc) is 2.25. The minimum atomic E-state index is -0.900. The van der Waals surface area contributed by atoms with Crippen molar-refractivity contribution in [1.29, 1.82) is 0 Å². The van der Waals surface area contributed by atoms with E-state index in [1.54, 1.807) is 0 Å². The molecular formula is C13H25NO2. The number of unbranched alkanes of at least 4 members (excludes halogenated alkanes) is 7. The van der Waals surface area contributed by atoms with Gasteiger partial charge in [-0.1, -0.05) is 51.9 Å². The van der Waals surface area contributed by atoms with Crippen molar-refractivity contribution in [2.75, 3.05) is 6.54 Å². The molecule has 0 unspecified atom stereocenters. The number of carboxylic acids is 1. The van der Waals surface area contributed by atoms with E-state index < -0.39 is 5.97 Å². The summed E-state index contributed by atoms with van der Waals surface area (Å²) in [6.07, 6.45) is 13.0. The lowest BCUT2D eigenvalue weighted by Crippen LogP contribution is -2.07. The Bertz CT molecular complexity index is 190. The third kappa shape index (κ3) is 13.0. The zero-order chi connectivity index (χ0) is 12.1. The van der Waals surface area contributed by atoms with Gasteiger partial charge in [0.2, 0.25) is 0 Å². The summed E-state index contributed by atoms with van der Waals surface area (Å²) in [7, 11) is 0. The predicted octanol–water partition coefficient (Wildman–Crippen LogP) is 3.32. The quantitative estimate of drug-likeness (QED) is 0.420. The van der Waals surface area contributed by atoms with Crippen LogP contribution in [-0.4, -0.2) is 17.6 Å². The van der Waals surface area contributed by atoms with Crippen molar-refractivity contribution in [1.82, 2.24) is 5.32 Å². The van der Waals surface area contributed by atoms with Gasteiger partial charge < -0.3 is 10.4 Å². The van der Waals surface area contributed by atoms with Crippen LogP contribution in [0.25, 0.3) is 0 Å². The molecule has 0 radical (unpaired) electrons. The monoisotopic (exact) mass is 227 g/mol. The van der Waals surface area contributed by atoms with Gasteiger partial charge in [-0.2, -0.15) is 0 Å². The van der Waals surface area contributed by atoms with E-state index in [4.69, 9.17) is 5.11 Å². The first-order valence-corrected chi connectivity index (χ1v) is 6.40. The molecule has 0 spiro atoms. The van der Waals surface area contributed by atoms with Crippen LogP contribution in [0.5, 0.6) is 0 Å². The highest BCUT2D eigenvalue weighted by Crippen LogP contribution is 2.07. The molecule has 0 aromatic heterocycles. The molecule has 94 valence electrons. The van der Waals surface area contributed by atoms with Gasteiger partial charge in [0.05, 0.1) is 0 Å². The Hall–Kier alpha value is -0.990. The van der Waals surface area contributed by atoms with E-state index in [0.29, 0.717) is 0 Å². The number of carbonyl (C=O) groups is 1. The van der Waals surface area contributed by atoms with Gasteiger partial charge in [-0.15, -0.1) is 0 Å². The third-order valence-corrected chi connectivity index (χ3v) is 2.52. The fourth-order valence-electron chi connectivity index (χ4n) is 1.57. The van der Waals surface area contributed by atoms with Crippen LogP contribution in [0, 0.1) is 0 Å². The number of carboxylic acid groups (broad SMARTS) is 1. The maximum absolute atomic E-state index is 10.1. The molecule has 0 saturated carbocycles. The van der Waals surface area contributed by atoms with Crippen molar-refractivity contribution < 1.29 is 9.90 Å². The highest BCUT2D eigenvalue weighted by molar-refractivity contribution is 5.79. The van der Waals surface area contributed by atoms with Crippen LogP contribution in [0.3, 0.4) is 0 Å². The highest BCUT2D eigenvalue weighted by Gasteiger charge is 1.90. The molecule has 0 heterocycles. The zero-order valence-corrected chi connectivity index (χ0v) is 10.4. The van der Waals surface area contributed by atoms with E-state index in [1.165, 1.54) is 51.1 Å². The summed E-state index contributed by atoms with van der Waals surface area (Å²) in [5, 5.41) is 11.3. The van der Waals surface area contributed by atoms with Crippen LogP contribution in [0.4, 0.5) is 0 Å². The van der Waals surface area contributed by atoms with Crippen molar-refractivity contribution in [2.45, 2.75) is 58.3 Å². The van der Waals surface area contributed by atoms with Gasteiger partial charge in [-0.05, 0) is 6.42 Å². The Morgan fingerprint density at radius 2 is 1.62 bits per heavy atom. The molecule has 0 saturated heterocycles. The van der Waals surface area contributed by atoms with Gasteiger partial charge in [0, 0.05) is 18.8 Å². The van der Waals surface area contributed by atoms with E-state index in [0.717, 1.165) is 19.0 Å². The van der Waals surface area contributed by atoms with Crippen LogP contribution in [0.15, 0.2) is 12.3 Å². The standard InChI is InChI=1S/C13H25NO2/c1-2-3-4-5-6-7-8-9-11-14-12-10-13(15)16/h10,12,14H,2-9,11H2,1H3,(H,15,16)/b12-10+. The van der Waals surface area contributed by atoms with E-state index >= 15 is 0 Å². The van der Waals surface area contributed by atoms with Crippen LogP contribution in [-0.2, 0) is 4.79 Å². The van der Waals surface area contributed by atoms with E-state index in [-0.39, 0.29) is 0 Å². The van der Waals surface area contributed by atoms with Gasteiger partial charge in [-0.3, -0.25) is 0 Å². The van der Waals surface area contributed by atoms with Crippen LogP contribution in [0.1, 0.15) is 58.3 Å². The molecule has 3 heteroatoms. The van der Waals surface area contributed by atoms with Crippen LogP contribution >= 0.6 is 0 Å². The van der Waals surface area contributed by atoms with Gasteiger partial charge >= 0.3 is 5.97 Å². The maximum Gasteiger partial charge on any atom is 0.329 e. The summed E-state index contributed by atoms with van der Waals surface area (Å²) < 4.78 is 0. The average molecular weight is 227 g/mol. The van der Waals surface area contributed by atoms with E-state index in [2.05, 4.69) is 12.2 Å².